The number of carbonyl (C=O) groups excluding carboxylic acids is 1. The summed E-state index contributed by atoms with van der Waals surface area (Å²) in [6, 6.07) is 6.79. The van der Waals surface area contributed by atoms with Crippen molar-refractivity contribution in [1.29, 1.82) is 0 Å². The van der Waals surface area contributed by atoms with Gasteiger partial charge in [-0.15, -0.1) is 0 Å². The summed E-state index contributed by atoms with van der Waals surface area (Å²) in [5, 5.41) is 3.68. The molecule has 1 aromatic carbocycles. The Balaban J connectivity index is 2.68. The third-order valence-electron chi connectivity index (χ3n) is 2.23. The van der Waals surface area contributed by atoms with Crippen molar-refractivity contribution in [2.24, 2.45) is 10.8 Å². The van der Waals surface area contributed by atoms with Crippen LogP contribution in [-0.2, 0) is 9.47 Å². The van der Waals surface area contributed by atoms with E-state index in [1.54, 1.807) is 0 Å². The van der Waals surface area contributed by atoms with E-state index in [0.717, 1.165) is 11.1 Å². The lowest BCUT2D eigenvalue weighted by atomic mass is 10.1. The fourth-order valence-electron chi connectivity index (χ4n) is 1.45. The van der Waals surface area contributed by atoms with Crippen molar-refractivity contribution >= 4 is 12.2 Å². The molecule has 0 atom stereocenters. The number of nitrogens with zero attached hydrogens (tertiary/aromatic N) is 1. The second kappa shape index (κ2) is 8.23. The minimum atomic E-state index is -0.694. The molecule has 1 rings (SSSR count). The third-order valence-corrected chi connectivity index (χ3v) is 2.23. The Morgan fingerprint density at radius 2 is 1.89 bits per heavy atom. The normalized spacial score (nSPS) is 11.1. The standard InChI is InChI=1S/C13H19N3O3/c1-3-18-12(19-4-2)11-7-5-10(6-8-11)9-15-16-13(14)17/h5-9,12H,3-4H2,1-2H3,(H3,14,16,17). The van der Waals surface area contributed by atoms with Gasteiger partial charge in [-0.25, -0.2) is 10.2 Å². The predicted octanol–water partition coefficient (Wildman–Crippen LogP) is 1.76. The number of benzene rings is 1. The number of nitrogens with two attached hydrogens (primary N) is 1. The maximum absolute atomic E-state index is 10.4. The van der Waals surface area contributed by atoms with Crippen molar-refractivity contribution in [3.8, 4) is 0 Å². The first-order chi connectivity index (χ1) is 9.17. The lowest BCUT2D eigenvalue weighted by Crippen LogP contribution is -2.24. The van der Waals surface area contributed by atoms with Gasteiger partial charge in [0.2, 0.25) is 0 Å². The minimum Gasteiger partial charge on any atom is -0.350 e. The smallest absolute Gasteiger partial charge is 0.332 e. The van der Waals surface area contributed by atoms with E-state index < -0.39 is 6.03 Å². The zero-order valence-corrected chi connectivity index (χ0v) is 11.1. The van der Waals surface area contributed by atoms with Crippen molar-refractivity contribution in [2.45, 2.75) is 20.1 Å². The second-order valence-corrected chi connectivity index (χ2v) is 3.64. The van der Waals surface area contributed by atoms with Crippen molar-refractivity contribution in [3.05, 3.63) is 35.4 Å². The summed E-state index contributed by atoms with van der Waals surface area (Å²) >= 11 is 0. The van der Waals surface area contributed by atoms with Crippen molar-refractivity contribution in [2.75, 3.05) is 13.2 Å². The predicted molar refractivity (Wildman–Crippen MR) is 72.7 cm³/mol. The SMILES string of the molecule is CCOC(OCC)c1ccc(C=NNC(N)=O)cc1. The molecule has 0 aliphatic heterocycles. The van der Waals surface area contributed by atoms with Crippen LogP contribution in [0.2, 0.25) is 0 Å². The molecule has 0 aromatic heterocycles. The van der Waals surface area contributed by atoms with Gasteiger partial charge in [-0.3, -0.25) is 0 Å². The average molecular weight is 265 g/mol. The topological polar surface area (TPSA) is 85.9 Å². The number of carbonyl (C=O) groups is 1. The summed E-state index contributed by atoms with van der Waals surface area (Å²) in [6.07, 6.45) is 1.15. The van der Waals surface area contributed by atoms with E-state index in [1.165, 1.54) is 6.21 Å². The zero-order valence-electron chi connectivity index (χ0n) is 11.1. The number of rotatable bonds is 7. The Morgan fingerprint density at radius 3 is 2.37 bits per heavy atom. The van der Waals surface area contributed by atoms with Crippen LogP contribution in [0.15, 0.2) is 29.4 Å². The van der Waals surface area contributed by atoms with Gasteiger partial charge in [0.05, 0.1) is 6.21 Å². The van der Waals surface area contributed by atoms with Crippen molar-refractivity contribution in [3.63, 3.8) is 0 Å². The molecule has 0 aliphatic carbocycles. The molecule has 0 fully saturated rings. The first kappa shape index (κ1) is 15.1. The van der Waals surface area contributed by atoms with Crippen LogP contribution in [0, 0.1) is 0 Å². The summed E-state index contributed by atoms with van der Waals surface area (Å²) < 4.78 is 11.0. The summed E-state index contributed by atoms with van der Waals surface area (Å²) in [5.74, 6) is 0. The summed E-state index contributed by atoms with van der Waals surface area (Å²) in [6.45, 7) is 5.00. The van der Waals surface area contributed by atoms with E-state index in [9.17, 15) is 4.79 Å². The fraction of sp³-hybridized carbons (Fsp3) is 0.385. The number of nitrogens with one attached hydrogen (secondary N) is 1. The number of hydrazone groups is 1. The molecule has 0 unspecified atom stereocenters. The first-order valence-corrected chi connectivity index (χ1v) is 6.09. The van der Waals surface area contributed by atoms with Gasteiger partial charge in [-0.2, -0.15) is 5.10 Å². The molecule has 0 radical (unpaired) electrons. The molecule has 2 amide bonds. The van der Waals surface area contributed by atoms with Gasteiger partial charge in [-0.1, -0.05) is 24.3 Å². The lowest BCUT2D eigenvalue weighted by Gasteiger charge is -2.17. The molecule has 0 bridgehead atoms. The lowest BCUT2D eigenvalue weighted by molar-refractivity contribution is -0.140. The highest BCUT2D eigenvalue weighted by molar-refractivity contribution is 5.81. The van der Waals surface area contributed by atoms with Crippen LogP contribution in [0.3, 0.4) is 0 Å². The Bertz CT molecular complexity index is 412. The van der Waals surface area contributed by atoms with Gasteiger partial charge in [-0.05, 0) is 19.4 Å². The van der Waals surface area contributed by atoms with Crippen LogP contribution >= 0.6 is 0 Å². The Hall–Kier alpha value is -1.92. The Kier molecular flexibility index (Phi) is 6.56. The molecule has 6 nitrogen and oxygen atoms in total. The Morgan fingerprint density at radius 1 is 1.32 bits per heavy atom. The fourth-order valence-corrected chi connectivity index (χ4v) is 1.45. The van der Waals surface area contributed by atoms with E-state index in [2.05, 4.69) is 10.5 Å². The minimum absolute atomic E-state index is 0.357. The van der Waals surface area contributed by atoms with Crippen molar-refractivity contribution in [1.82, 2.24) is 5.43 Å². The molecule has 0 aliphatic rings. The molecule has 6 heteroatoms. The highest BCUT2D eigenvalue weighted by Crippen LogP contribution is 2.18. The maximum atomic E-state index is 10.4. The number of ether oxygens (including phenoxy) is 2. The molecule has 0 saturated carbocycles. The largest absolute Gasteiger partial charge is 0.350 e. The van der Waals surface area contributed by atoms with Crippen LogP contribution in [0.1, 0.15) is 31.3 Å². The molecule has 1 aromatic rings. The quantitative estimate of drug-likeness (QED) is 0.447. The van der Waals surface area contributed by atoms with Gasteiger partial charge in [0, 0.05) is 18.8 Å². The van der Waals surface area contributed by atoms with E-state index in [4.69, 9.17) is 15.2 Å². The number of hydrogen-bond acceptors (Lipinski definition) is 4. The first-order valence-electron chi connectivity index (χ1n) is 6.09. The van der Waals surface area contributed by atoms with E-state index in [-0.39, 0.29) is 6.29 Å². The van der Waals surface area contributed by atoms with Gasteiger partial charge in [0.1, 0.15) is 0 Å². The number of hydrogen-bond donors (Lipinski definition) is 2. The molecule has 104 valence electrons. The van der Waals surface area contributed by atoms with Crippen molar-refractivity contribution < 1.29 is 14.3 Å². The molecular weight excluding hydrogens is 246 g/mol. The number of primary amides is 1. The molecule has 0 saturated heterocycles. The third kappa shape index (κ3) is 5.50. The Labute approximate surface area is 112 Å². The van der Waals surface area contributed by atoms with E-state index >= 15 is 0 Å². The highest BCUT2D eigenvalue weighted by Gasteiger charge is 2.10. The highest BCUT2D eigenvalue weighted by atomic mass is 16.7. The van der Waals surface area contributed by atoms with E-state index in [0.29, 0.717) is 13.2 Å². The van der Waals surface area contributed by atoms with Gasteiger partial charge >= 0.3 is 6.03 Å². The van der Waals surface area contributed by atoms with Crippen LogP contribution in [0.5, 0.6) is 0 Å². The van der Waals surface area contributed by atoms with Gasteiger partial charge in [0.15, 0.2) is 6.29 Å². The van der Waals surface area contributed by atoms with Crippen LogP contribution in [0.4, 0.5) is 4.79 Å². The summed E-state index contributed by atoms with van der Waals surface area (Å²) in [7, 11) is 0. The molecule has 0 spiro atoms. The monoisotopic (exact) mass is 265 g/mol. The molecule has 0 heterocycles. The number of urea groups is 1. The van der Waals surface area contributed by atoms with Crippen LogP contribution in [-0.4, -0.2) is 25.5 Å². The van der Waals surface area contributed by atoms with Gasteiger partial charge < -0.3 is 15.2 Å². The molecule has 3 N–H and O–H groups in total. The average Bonchev–Trinajstić information content (AvgIpc) is 2.39. The van der Waals surface area contributed by atoms with Crippen LogP contribution < -0.4 is 11.2 Å². The van der Waals surface area contributed by atoms with E-state index in [1.807, 2.05) is 38.1 Å². The number of amides is 2. The molecule has 19 heavy (non-hydrogen) atoms. The van der Waals surface area contributed by atoms with Gasteiger partial charge in [0.25, 0.3) is 0 Å². The second-order valence-electron chi connectivity index (χ2n) is 3.64. The summed E-state index contributed by atoms with van der Waals surface area (Å²) in [4.78, 5) is 10.4. The van der Waals surface area contributed by atoms with Crippen LogP contribution in [0.25, 0.3) is 0 Å². The molecular formula is C13H19N3O3. The zero-order chi connectivity index (χ0) is 14.1. The maximum Gasteiger partial charge on any atom is 0.332 e. The summed E-state index contributed by atoms with van der Waals surface area (Å²) in [5.41, 5.74) is 8.79.